The van der Waals surface area contributed by atoms with Crippen LogP contribution in [-0.4, -0.2) is 31.7 Å². The van der Waals surface area contributed by atoms with Crippen molar-refractivity contribution in [2.45, 2.75) is 18.8 Å². The van der Waals surface area contributed by atoms with E-state index < -0.39 is 6.29 Å². The third kappa shape index (κ3) is 3.51. The molecule has 1 aromatic rings. The van der Waals surface area contributed by atoms with Crippen LogP contribution >= 0.6 is 0 Å². The van der Waals surface area contributed by atoms with Crippen LogP contribution in [0.15, 0.2) is 24.3 Å². The van der Waals surface area contributed by atoms with Crippen molar-refractivity contribution in [3.8, 4) is 5.75 Å². The van der Waals surface area contributed by atoms with Gasteiger partial charge in [0, 0.05) is 14.2 Å². The van der Waals surface area contributed by atoms with Crippen LogP contribution in [0.4, 0.5) is 0 Å². The SMILES string of the molecule is COC(OC)C(N)Cc1cccc(O)c1. The number of methoxy groups -OCH3 is 2. The summed E-state index contributed by atoms with van der Waals surface area (Å²) >= 11 is 0. The molecule has 0 aliphatic heterocycles. The fourth-order valence-electron chi connectivity index (χ4n) is 1.50. The molecule has 4 heteroatoms. The minimum Gasteiger partial charge on any atom is -0.508 e. The van der Waals surface area contributed by atoms with Crippen LogP contribution in [-0.2, 0) is 15.9 Å². The van der Waals surface area contributed by atoms with E-state index in [2.05, 4.69) is 0 Å². The van der Waals surface area contributed by atoms with E-state index in [-0.39, 0.29) is 11.8 Å². The molecule has 1 rings (SSSR count). The molecule has 0 aliphatic rings. The summed E-state index contributed by atoms with van der Waals surface area (Å²) in [5.74, 6) is 0.242. The van der Waals surface area contributed by atoms with E-state index in [1.54, 1.807) is 32.4 Å². The van der Waals surface area contributed by atoms with Crippen molar-refractivity contribution < 1.29 is 14.6 Å². The van der Waals surface area contributed by atoms with Crippen molar-refractivity contribution in [2.24, 2.45) is 5.73 Å². The number of nitrogens with two attached hydrogens (primary N) is 1. The van der Waals surface area contributed by atoms with Crippen LogP contribution in [0.3, 0.4) is 0 Å². The topological polar surface area (TPSA) is 64.7 Å². The van der Waals surface area contributed by atoms with Gasteiger partial charge in [0.2, 0.25) is 0 Å². The summed E-state index contributed by atoms with van der Waals surface area (Å²) in [5.41, 5.74) is 6.85. The molecule has 84 valence electrons. The Bertz CT molecular complexity index is 300. The highest BCUT2D eigenvalue weighted by molar-refractivity contribution is 5.27. The first kappa shape index (κ1) is 12.0. The third-order valence-electron chi connectivity index (χ3n) is 2.20. The second-order valence-electron chi connectivity index (χ2n) is 3.38. The molecule has 0 aromatic heterocycles. The summed E-state index contributed by atoms with van der Waals surface area (Å²) in [6.07, 6.45) is 0.174. The minimum atomic E-state index is -0.424. The van der Waals surface area contributed by atoms with Crippen LogP contribution < -0.4 is 5.73 Å². The lowest BCUT2D eigenvalue weighted by atomic mass is 10.1. The molecule has 1 unspecified atom stereocenters. The van der Waals surface area contributed by atoms with Crippen molar-refractivity contribution in [1.29, 1.82) is 0 Å². The van der Waals surface area contributed by atoms with Gasteiger partial charge in [-0.2, -0.15) is 0 Å². The maximum atomic E-state index is 9.28. The number of phenolic OH excluding ortho intramolecular Hbond substituents is 1. The average molecular weight is 211 g/mol. The van der Waals surface area contributed by atoms with Crippen LogP contribution in [0.2, 0.25) is 0 Å². The van der Waals surface area contributed by atoms with E-state index in [0.717, 1.165) is 5.56 Å². The van der Waals surface area contributed by atoms with Crippen molar-refractivity contribution in [2.75, 3.05) is 14.2 Å². The molecule has 0 spiro atoms. The van der Waals surface area contributed by atoms with Gasteiger partial charge in [-0.25, -0.2) is 0 Å². The summed E-state index contributed by atoms with van der Waals surface area (Å²) < 4.78 is 10.1. The monoisotopic (exact) mass is 211 g/mol. The van der Waals surface area contributed by atoms with Gasteiger partial charge in [-0.3, -0.25) is 0 Å². The molecule has 4 nitrogen and oxygen atoms in total. The second-order valence-corrected chi connectivity index (χ2v) is 3.38. The zero-order valence-corrected chi connectivity index (χ0v) is 9.01. The molecular weight excluding hydrogens is 194 g/mol. The Labute approximate surface area is 89.6 Å². The van der Waals surface area contributed by atoms with E-state index >= 15 is 0 Å². The van der Waals surface area contributed by atoms with Gasteiger partial charge in [-0.15, -0.1) is 0 Å². The number of ether oxygens (including phenoxy) is 2. The standard InChI is InChI=1S/C11H17NO3/c1-14-11(15-2)10(12)7-8-4-3-5-9(13)6-8/h3-6,10-11,13H,7,12H2,1-2H3. The van der Waals surface area contributed by atoms with E-state index in [1.165, 1.54) is 0 Å². The summed E-state index contributed by atoms with van der Waals surface area (Å²) in [6, 6.07) is 6.75. The molecule has 0 heterocycles. The van der Waals surface area contributed by atoms with Gasteiger partial charge in [0.1, 0.15) is 5.75 Å². The fourth-order valence-corrected chi connectivity index (χ4v) is 1.50. The molecule has 3 N–H and O–H groups in total. The van der Waals surface area contributed by atoms with Gasteiger partial charge in [0.15, 0.2) is 6.29 Å². The quantitative estimate of drug-likeness (QED) is 0.710. The third-order valence-corrected chi connectivity index (χ3v) is 2.20. The maximum Gasteiger partial charge on any atom is 0.172 e. The van der Waals surface area contributed by atoms with E-state index in [0.29, 0.717) is 6.42 Å². The highest BCUT2D eigenvalue weighted by atomic mass is 16.7. The summed E-state index contributed by atoms with van der Waals surface area (Å²) in [7, 11) is 3.10. The first-order valence-corrected chi connectivity index (χ1v) is 4.76. The fraction of sp³-hybridized carbons (Fsp3) is 0.455. The number of benzene rings is 1. The summed E-state index contributed by atoms with van der Waals surface area (Å²) in [6.45, 7) is 0. The van der Waals surface area contributed by atoms with Gasteiger partial charge < -0.3 is 20.3 Å². The van der Waals surface area contributed by atoms with Gasteiger partial charge in [0.25, 0.3) is 0 Å². The zero-order valence-electron chi connectivity index (χ0n) is 9.01. The molecular formula is C11H17NO3. The van der Waals surface area contributed by atoms with E-state index in [1.807, 2.05) is 6.07 Å². The number of hydrogen-bond donors (Lipinski definition) is 2. The minimum absolute atomic E-state index is 0.242. The van der Waals surface area contributed by atoms with Crippen LogP contribution in [0.5, 0.6) is 5.75 Å². The smallest absolute Gasteiger partial charge is 0.172 e. The van der Waals surface area contributed by atoms with Gasteiger partial charge in [0.05, 0.1) is 6.04 Å². The number of aromatic hydroxyl groups is 1. The molecule has 0 saturated heterocycles. The molecule has 1 aromatic carbocycles. The predicted molar refractivity (Wildman–Crippen MR) is 57.6 cm³/mol. The molecule has 0 saturated carbocycles. The molecule has 1 atom stereocenters. The van der Waals surface area contributed by atoms with Crippen LogP contribution in [0.25, 0.3) is 0 Å². The van der Waals surface area contributed by atoms with Gasteiger partial charge in [-0.1, -0.05) is 12.1 Å². The van der Waals surface area contributed by atoms with E-state index in [9.17, 15) is 5.11 Å². The highest BCUT2D eigenvalue weighted by Crippen LogP contribution is 2.13. The number of rotatable bonds is 5. The maximum absolute atomic E-state index is 9.28. The first-order chi connectivity index (χ1) is 7.17. The normalized spacial score (nSPS) is 13.1. The van der Waals surface area contributed by atoms with Crippen LogP contribution in [0, 0.1) is 0 Å². The molecule has 15 heavy (non-hydrogen) atoms. The molecule has 0 aliphatic carbocycles. The number of hydrogen-bond acceptors (Lipinski definition) is 4. The van der Waals surface area contributed by atoms with Gasteiger partial charge >= 0.3 is 0 Å². The summed E-state index contributed by atoms with van der Waals surface area (Å²) in [5, 5.41) is 9.28. The zero-order chi connectivity index (χ0) is 11.3. The Morgan fingerprint density at radius 2 is 2.00 bits per heavy atom. The lowest BCUT2D eigenvalue weighted by molar-refractivity contribution is -0.115. The van der Waals surface area contributed by atoms with Crippen molar-refractivity contribution in [3.05, 3.63) is 29.8 Å². The Kier molecular flexibility index (Phi) is 4.55. The Morgan fingerprint density at radius 1 is 1.33 bits per heavy atom. The predicted octanol–water partition coefficient (Wildman–Crippen LogP) is 0.881. The largest absolute Gasteiger partial charge is 0.508 e. The van der Waals surface area contributed by atoms with Crippen molar-refractivity contribution >= 4 is 0 Å². The Balaban J connectivity index is 2.61. The molecule has 0 bridgehead atoms. The lowest BCUT2D eigenvalue weighted by Crippen LogP contribution is -2.39. The molecule has 0 fully saturated rings. The van der Waals surface area contributed by atoms with Gasteiger partial charge in [-0.05, 0) is 24.1 Å². The average Bonchev–Trinajstić information content (AvgIpc) is 2.19. The first-order valence-electron chi connectivity index (χ1n) is 4.76. The number of phenols is 1. The van der Waals surface area contributed by atoms with Crippen LogP contribution in [0.1, 0.15) is 5.56 Å². The Hall–Kier alpha value is -1.10. The van der Waals surface area contributed by atoms with Crippen molar-refractivity contribution in [3.63, 3.8) is 0 Å². The lowest BCUT2D eigenvalue weighted by Gasteiger charge is -2.20. The van der Waals surface area contributed by atoms with Crippen molar-refractivity contribution in [1.82, 2.24) is 0 Å². The molecule has 0 radical (unpaired) electrons. The van der Waals surface area contributed by atoms with E-state index in [4.69, 9.17) is 15.2 Å². The Morgan fingerprint density at radius 3 is 2.53 bits per heavy atom. The summed E-state index contributed by atoms with van der Waals surface area (Å²) in [4.78, 5) is 0. The second kappa shape index (κ2) is 5.70. The highest BCUT2D eigenvalue weighted by Gasteiger charge is 2.16. The molecule has 0 amide bonds.